The summed E-state index contributed by atoms with van der Waals surface area (Å²) in [4.78, 5) is 10.3. The van der Waals surface area contributed by atoms with Gasteiger partial charge in [0.05, 0.1) is 5.91 Å². The first-order valence-corrected chi connectivity index (χ1v) is 7.01. The van der Waals surface area contributed by atoms with Crippen LogP contribution in [0.4, 0.5) is 0 Å². The van der Waals surface area contributed by atoms with E-state index < -0.39 is 15.9 Å². The fourth-order valence-corrected chi connectivity index (χ4v) is 1.78. The van der Waals surface area contributed by atoms with Gasteiger partial charge >= 0.3 is 32.7 Å². The van der Waals surface area contributed by atoms with E-state index in [1.54, 1.807) is 26.0 Å². The quantitative estimate of drug-likeness (QED) is 0.638. The molecule has 0 bridgehead atoms. The minimum Gasteiger partial charge on any atom is -0.664 e. The number of allylic oxidation sites excluding steroid dienone is 1. The van der Waals surface area contributed by atoms with E-state index in [9.17, 15) is 13.2 Å². The second-order valence-electron chi connectivity index (χ2n) is 4.19. The Bertz CT molecular complexity index is 591. The van der Waals surface area contributed by atoms with Gasteiger partial charge in [-0.3, -0.25) is 0 Å². The predicted molar refractivity (Wildman–Crippen MR) is 74.8 cm³/mol. The zero-order valence-electron chi connectivity index (χ0n) is 12.0. The molecule has 0 spiro atoms. The Balaban J connectivity index is 0. The summed E-state index contributed by atoms with van der Waals surface area (Å²) >= 11 is 0. The van der Waals surface area contributed by atoms with E-state index in [2.05, 4.69) is 6.07 Å². The van der Waals surface area contributed by atoms with Crippen LogP contribution in [-0.2, 0) is 47.5 Å². The molecule has 5 nitrogen and oxygen atoms in total. The number of aryl methyl sites for hydroxylation is 1. The number of carbonyl (C=O) groups is 1. The topological polar surface area (TPSA) is 101 Å². The first-order valence-electron chi connectivity index (χ1n) is 5.47. The molecule has 1 aromatic carbocycles. The summed E-state index contributed by atoms with van der Waals surface area (Å²) in [6.45, 7) is 6.99. The van der Waals surface area contributed by atoms with E-state index >= 15 is 0 Å². The van der Waals surface area contributed by atoms with Crippen molar-refractivity contribution in [1.29, 1.82) is 0 Å². The molecular weight excluding hydrogens is 353 g/mol. The number of nitrogens with one attached hydrogen (secondary N) is 1. The van der Waals surface area contributed by atoms with Gasteiger partial charge in [-0.15, -0.1) is 5.56 Å². The van der Waals surface area contributed by atoms with Crippen molar-refractivity contribution in [2.24, 2.45) is 5.14 Å². The second-order valence-corrected chi connectivity index (χ2v) is 5.72. The number of rotatable bonds is 2. The van der Waals surface area contributed by atoms with E-state index in [-0.39, 0.29) is 37.6 Å². The standard InChI is InChI=1S/C7H8NO2S.C6H11NO.Y/c1-6-4-2-3-5-7(6)11(8,9)10;1-4(2)5(3)6(7)8;/h2,4-5H,1H3,(H2,8,9,10);1-3H3,(H2,7,8);/q-1;;+3/p-1. The zero-order chi connectivity index (χ0) is 15.2. The third kappa shape index (κ3) is 7.89. The molecule has 0 saturated carbocycles. The summed E-state index contributed by atoms with van der Waals surface area (Å²) in [7, 11) is -3.56. The van der Waals surface area contributed by atoms with Crippen molar-refractivity contribution in [2.75, 3.05) is 0 Å². The monoisotopic (exact) mass is 371 g/mol. The van der Waals surface area contributed by atoms with Crippen molar-refractivity contribution < 1.29 is 45.9 Å². The number of benzene rings is 1. The molecule has 0 aliphatic carbocycles. The van der Waals surface area contributed by atoms with E-state index in [4.69, 9.17) is 10.9 Å². The van der Waals surface area contributed by atoms with Crippen molar-refractivity contribution >= 4 is 15.9 Å². The molecular formula is C13H18N2O3SY+. The van der Waals surface area contributed by atoms with Crippen LogP contribution in [0.25, 0.3) is 5.73 Å². The minimum atomic E-state index is -3.56. The number of sulfonamides is 1. The summed E-state index contributed by atoms with van der Waals surface area (Å²) < 4.78 is 21.6. The molecule has 0 radical (unpaired) electrons. The van der Waals surface area contributed by atoms with E-state index in [0.29, 0.717) is 11.1 Å². The molecule has 7 heteroatoms. The van der Waals surface area contributed by atoms with Gasteiger partial charge < -0.3 is 10.5 Å². The van der Waals surface area contributed by atoms with E-state index in [1.165, 1.54) is 6.07 Å². The maximum Gasteiger partial charge on any atom is 3.00 e. The van der Waals surface area contributed by atoms with Gasteiger partial charge in [0.2, 0.25) is 0 Å². The van der Waals surface area contributed by atoms with Gasteiger partial charge in [-0.2, -0.15) is 24.3 Å². The summed E-state index contributed by atoms with van der Waals surface area (Å²) in [5.74, 6) is -0.579. The van der Waals surface area contributed by atoms with Crippen LogP contribution in [0.5, 0.6) is 0 Å². The first-order chi connectivity index (χ1) is 8.57. The molecule has 0 heterocycles. The summed E-state index contributed by atoms with van der Waals surface area (Å²) in [5.41, 5.74) is 8.73. The van der Waals surface area contributed by atoms with Crippen molar-refractivity contribution in [2.45, 2.75) is 32.6 Å². The molecule has 1 amide bonds. The van der Waals surface area contributed by atoms with Gasteiger partial charge in [0.1, 0.15) is 0 Å². The molecule has 0 fully saturated rings. The molecule has 1 rings (SSSR count). The maximum absolute atomic E-state index is 10.8. The number of primary sulfonamides is 1. The van der Waals surface area contributed by atoms with Crippen LogP contribution in [0.3, 0.4) is 0 Å². The van der Waals surface area contributed by atoms with Gasteiger partial charge in [-0.05, 0) is 31.2 Å². The molecule has 0 unspecified atom stereocenters. The van der Waals surface area contributed by atoms with Crippen molar-refractivity contribution in [3.8, 4) is 0 Å². The number of amides is 1. The minimum absolute atomic E-state index is 0. The van der Waals surface area contributed by atoms with Crippen molar-refractivity contribution in [3.05, 3.63) is 46.7 Å². The Hall–Kier alpha value is -0.556. The average molecular weight is 371 g/mol. The summed E-state index contributed by atoms with van der Waals surface area (Å²) in [5, 5.41) is 4.91. The third-order valence-corrected chi connectivity index (χ3v) is 3.48. The largest absolute Gasteiger partial charge is 3.00 e. The maximum atomic E-state index is 10.8. The smallest absolute Gasteiger partial charge is 0.664 e. The molecule has 20 heavy (non-hydrogen) atoms. The van der Waals surface area contributed by atoms with Crippen molar-refractivity contribution in [3.63, 3.8) is 0 Å². The van der Waals surface area contributed by atoms with Gasteiger partial charge in [0, 0.05) is 0 Å². The molecule has 3 N–H and O–H groups in total. The molecule has 1 aromatic rings. The van der Waals surface area contributed by atoms with Crippen LogP contribution in [0.1, 0.15) is 26.3 Å². The van der Waals surface area contributed by atoms with Crippen LogP contribution >= 0.6 is 0 Å². The molecule has 0 aliphatic heterocycles. The van der Waals surface area contributed by atoms with E-state index in [0.717, 1.165) is 5.57 Å². The summed E-state index contributed by atoms with van der Waals surface area (Å²) in [6, 6.07) is 7.31. The van der Waals surface area contributed by atoms with Gasteiger partial charge in [-0.1, -0.05) is 12.5 Å². The summed E-state index contributed by atoms with van der Waals surface area (Å²) in [6.07, 6.45) is 0. The van der Waals surface area contributed by atoms with Crippen LogP contribution < -0.4 is 5.14 Å². The van der Waals surface area contributed by atoms with Gasteiger partial charge in [0.15, 0.2) is 10.0 Å². The van der Waals surface area contributed by atoms with Crippen LogP contribution in [0, 0.1) is 13.0 Å². The molecule has 0 atom stereocenters. The van der Waals surface area contributed by atoms with Crippen LogP contribution in [0.15, 0.2) is 34.2 Å². The Kier molecular flexibility index (Phi) is 10.2. The molecule has 0 aliphatic rings. The second kappa shape index (κ2) is 9.39. The van der Waals surface area contributed by atoms with Crippen LogP contribution in [0.2, 0.25) is 0 Å². The zero-order valence-corrected chi connectivity index (χ0v) is 15.7. The molecule has 106 valence electrons. The first kappa shape index (κ1) is 21.7. The van der Waals surface area contributed by atoms with E-state index in [1.807, 2.05) is 13.8 Å². The number of carbonyl (C=O) groups excluding carboxylic acids is 1. The number of hydrogen-bond donors (Lipinski definition) is 1. The predicted octanol–water partition coefficient (Wildman–Crippen LogP) is 2.36. The Morgan fingerprint density at radius 1 is 1.30 bits per heavy atom. The fourth-order valence-electron chi connectivity index (χ4n) is 1.03. The number of nitrogens with two attached hydrogens (primary N) is 1. The fraction of sp³-hybridized carbons (Fsp3) is 0.308. The van der Waals surface area contributed by atoms with Crippen LogP contribution in [-0.4, -0.2) is 14.3 Å². The molecule has 0 saturated heterocycles. The normalized spacial score (nSPS) is 9.65. The Morgan fingerprint density at radius 3 is 2.00 bits per heavy atom. The van der Waals surface area contributed by atoms with Crippen molar-refractivity contribution in [1.82, 2.24) is 0 Å². The Labute approximate surface area is 145 Å². The number of hydrogen-bond acceptors (Lipinski definition) is 3. The Morgan fingerprint density at radius 2 is 1.80 bits per heavy atom. The average Bonchev–Trinajstić information content (AvgIpc) is 2.27. The van der Waals surface area contributed by atoms with Gasteiger partial charge in [-0.25, -0.2) is 13.6 Å². The molecule has 0 aromatic heterocycles. The van der Waals surface area contributed by atoms with Gasteiger partial charge in [0.25, 0.3) is 0 Å². The SMILES string of the molecule is CC(C)=C(C)C([NH-])=O.Cc1cc[c-]cc1S(N)(=O)=O.[Y+3]. The third-order valence-electron chi connectivity index (χ3n) is 2.43.